The number of hydrogen-bond donors (Lipinski definition) is 0. The Kier molecular flexibility index (Phi) is 2.79. The highest BCUT2D eigenvalue weighted by Gasteiger charge is 2.14. The molecule has 1 heterocycles. The number of rotatable bonds is 2. The fourth-order valence-electron chi connectivity index (χ4n) is 2.80. The SMILES string of the molecule is O=Cc1ccccc1-c1cc2oc3ccccc3c2cc1F. The largest absolute Gasteiger partial charge is 0.456 e. The molecule has 0 amide bonds. The molecular formula is C19H11FO2. The standard InChI is InChI=1S/C19H11FO2/c20-17-9-16-14-7-3-4-8-18(14)22-19(16)10-15(17)13-6-2-1-5-12(13)11-21/h1-11H. The van der Waals surface area contributed by atoms with Crippen LogP contribution in [0.3, 0.4) is 0 Å². The van der Waals surface area contributed by atoms with Crippen LogP contribution in [0.25, 0.3) is 33.1 Å². The fraction of sp³-hybridized carbons (Fsp3) is 0. The van der Waals surface area contributed by atoms with Crippen LogP contribution in [0.5, 0.6) is 0 Å². The molecule has 0 unspecified atom stereocenters. The lowest BCUT2D eigenvalue weighted by molar-refractivity contribution is 0.112. The number of carbonyl (C=O) groups is 1. The van der Waals surface area contributed by atoms with Gasteiger partial charge in [0.1, 0.15) is 17.0 Å². The summed E-state index contributed by atoms with van der Waals surface area (Å²) < 4.78 is 20.4. The van der Waals surface area contributed by atoms with E-state index in [1.54, 1.807) is 30.3 Å². The van der Waals surface area contributed by atoms with Crippen LogP contribution < -0.4 is 0 Å². The van der Waals surface area contributed by atoms with Gasteiger partial charge in [-0.25, -0.2) is 4.39 Å². The third kappa shape index (κ3) is 1.83. The van der Waals surface area contributed by atoms with Crippen LogP contribution in [0, 0.1) is 5.82 Å². The van der Waals surface area contributed by atoms with Gasteiger partial charge in [0, 0.05) is 21.9 Å². The minimum absolute atomic E-state index is 0.367. The molecule has 0 bridgehead atoms. The molecule has 3 heteroatoms. The lowest BCUT2D eigenvalue weighted by atomic mass is 9.98. The lowest BCUT2D eigenvalue weighted by Gasteiger charge is -2.06. The van der Waals surface area contributed by atoms with Crippen molar-refractivity contribution in [3.8, 4) is 11.1 Å². The van der Waals surface area contributed by atoms with Gasteiger partial charge in [-0.15, -0.1) is 0 Å². The first kappa shape index (κ1) is 12.8. The number of benzene rings is 3. The molecule has 0 aliphatic heterocycles. The molecule has 0 aliphatic carbocycles. The first-order valence-corrected chi connectivity index (χ1v) is 6.93. The summed E-state index contributed by atoms with van der Waals surface area (Å²) in [6, 6.07) is 17.6. The topological polar surface area (TPSA) is 30.2 Å². The molecule has 0 aliphatic rings. The zero-order valence-electron chi connectivity index (χ0n) is 11.5. The van der Waals surface area contributed by atoms with Crippen molar-refractivity contribution in [1.29, 1.82) is 0 Å². The van der Waals surface area contributed by atoms with Gasteiger partial charge in [0.05, 0.1) is 0 Å². The molecule has 1 aromatic heterocycles. The Morgan fingerprint density at radius 1 is 0.818 bits per heavy atom. The quantitative estimate of drug-likeness (QED) is 0.475. The number of hydrogen-bond acceptors (Lipinski definition) is 2. The summed E-state index contributed by atoms with van der Waals surface area (Å²) in [7, 11) is 0. The Morgan fingerprint density at radius 2 is 1.59 bits per heavy atom. The maximum absolute atomic E-state index is 14.6. The first-order valence-electron chi connectivity index (χ1n) is 6.93. The molecule has 0 saturated carbocycles. The molecule has 0 spiro atoms. The molecule has 4 rings (SSSR count). The summed E-state index contributed by atoms with van der Waals surface area (Å²) in [5.41, 5.74) is 2.72. The van der Waals surface area contributed by atoms with E-state index in [0.29, 0.717) is 22.3 Å². The van der Waals surface area contributed by atoms with Gasteiger partial charge in [0.15, 0.2) is 6.29 Å². The van der Waals surface area contributed by atoms with E-state index in [0.717, 1.165) is 22.6 Å². The average Bonchev–Trinajstić information content (AvgIpc) is 2.92. The van der Waals surface area contributed by atoms with E-state index in [1.165, 1.54) is 6.07 Å². The van der Waals surface area contributed by atoms with Gasteiger partial charge >= 0.3 is 0 Å². The van der Waals surface area contributed by atoms with Crippen molar-refractivity contribution >= 4 is 28.2 Å². The average molecular weight is 290 g/mol. The highest BCUT2D eigenvalue weighted by molar-refractivity contribution is 6.06. The summed E-state index contributed by atoms with van der Waals surface area (Å²) in [5, 5.41) is 1.62. The summed E-state index contributed by atoms with van der Waals surface area (Å²) >= 11 is 0. The number of aldehydes is 1. The Morgan fingerprint density at radius 3 is 2.45 bits per heavy atom. The van der Waals surface area contributed by atoms with Gasteiger partial charge in [-0.2, -0.15) is 0 Å². The molecule has 0 fully saturated rings. The Bertz CT molecular complexity index is 1010. The highest BCUT2D eigenvalue weighted by atomic mass is 19.1. The number of halogens is 1. The molecule has 2 nitrogen and oxygen atoms in total. The second-order valence-electron chi connectivity index (χ2n) is 5.13. The van der Waals surface area contributed by atoms with Crippen LogP contribution >= 0.6 is 0 Å². The minimum Gasteiger partial charge on any atom is -0.456 e. The Balaban J connectivity index is 2.05. The predicted molar refractivity (Wildman–Crippen MR) is 84.5 cm³/mol. The second kappa shape index (κ2) is 4.81. The van der Waals surface area contributed by atoms with Gasteiger partial charge in [0.25, 0.3) is 0 Å². The summed E-state index contributed by atoms with van der Waals surface area (Å²) in [6.07, 6.45) is 0.734. The van der Waals surface area contributed by atoms with E-state index in [4.69, 9.17) is 4.42 Å². The van der Waals surface area contributed by atoms with E-state index in [2.05, 4.69) is 0 Å². The first-order chi connectivity index (χ1) is 10.8. The van der Waals surface area contributed by atoms with Crippen molar-refractivity contribution in [2.75, 3.05) is 0 Å². The van der Waals surface area contributed by atoms with Gasteiger partial charge < -0.3 is 4.42 Å². The molecule has 106 valence electrons. The van der Waals surface area contributed by atoms with Gasteiger partial charge in [0.2, 0.25) is 0 Å². The number of furan rings is 1. The van der Waals surface area contributed by atoms with Crippen molar-refractivity contribution in [3.63, 3.8) is 0 Å². The van der Waals surface area contributed by atoms with Gasteiger partial charge in [-0.05, 0) is 23.8 Å². The molecule has 4 aromatic rings. The molecule has 22 heavy (non-hydrogen) atoms. The van der Waals surface area contributed by atoms with E-state index < -0.39 is 0 Å². The second-order valence-corrected chi connectivity index (χ2v) is 5.13. The van der Waals surface area contributed by atoms with Crippen LogP contribution in [-0.2, 0) is 0 Å². The number of carbonyl (C=O) groups excluding carboxylic acids is 1. The molecule has 3 aromatic carbocycles. The number of fused-ring (bicyclic) bond motifs is 3. The van der Waals surface area contributed by atoms with E-state index in [-0.39, 0.29) is 5.82 Å². The molecular weight excluding hydrogens is 279 g/mol. The van der Waals surface area contributed by atoms with Crippen LogP contribution in [0.15, 0.2) is 65.1 Å². The van der Waals surface area contributed by atoms with Gasteiger partial charge in [-0.3, -0.25) is 4.79 Å². The maximum atomic E-state index is 14.6. The lowest BCUT2D eigenvalue weighted by Crippen LogP contribution is -1.90. The smallest absolute Gasteiger partial charge is 0.150 e. The predicted octanol–water partition coefficient (Wildman–Crippen LogP) is 5.20. The van der Waals surface area contributed by atoms with Crippen molar-refractivity contribution in [2.45, 2.75) is 0 Å². The van der Waals surface area contributed by atoms with Crippen molar-refractivity contribution in [3.05, 3.63) is 72.0 Å². The van der Waals surface area contributed by atoms with Gasteiger partial charge in [-0.1, -0.05) is 42.5 Å². The molecule has 0 radical (unpaired) electrons. The summed E-state index contributed by atoms with van der Waals surface area (Å²) in [5.74, 6) is -0.367. The summed E-state index contributed by atoms with van der Waals surface area (Å²) in [4.78, 5) is 11.2. The fourth-order valence-corrected chi connectivity index (χ4v) is 2.80. The maximum Gasteiger partial charge on any atom is 0.150 e. The van der Waals surface area contributed by atoms with E-state index in [1.807, 2.05) is 24.3 Å². The molecule has 0 atom stereocenters. The molecule has 0 saturated heterocycles. The number of para-hydroxylation sites is 1. The zero-order valence-corrected chi connectivity index (χ0v) is 11.5. The van der Waals surface area contributed by atoms with Crippen LogP contribution in [0.1, 0.15) is 10.4 Å². The van der Waals surface area contributed by atoms with Crippen LogP contribution in [0.4, 0.5) is 4.39 Å². The molecule has 0 N–H and O–H groups in total. The van der Waals surface area contributed by atoms with E-state index in [9.17, 15) is 9.18 Å². The zero-order chi connectivity index (χ0) is 15.1. The van der Waals surface area contributed by atoms with Crippen molar-refractivity contribution in [2.24, 2.45) is 0 Å². The van der Waals surface area contributed by atoms with Crippen LogP contribution in [0.2, 0.25) is 0 Å². The normalized spacial score (nSPS) is 11.1. The third-order valence-corrected chi connectivity index (χ3v) is 3.84. The monoisotopic (exact) mass is 290 g/mol. The highest BCUT2D eigenvalue weighted by Crippen LogP contribution is 2.34. The van der Waals surface area contributed by atoms with Crippen LogP contribution in [-0.4, -0.2) is 6.29 Å². The van der Waals surface area contributed by atoms with Crippen molar-refractivity contribution < 1.29 is 13.6 Å². The minimum atomic E-state index is -0.367. The van der Waals surface area contributed by atoms with E-state index >= 15 is 0 Å². The Labute approximate surface area is 125 Å². The van der Waals surface area contributed by atoms with Crippen molar-refractivity contribution in [1.82, 2.24) is 0 Å². The third-order valence-electron chi connectivity index (χ3n) is 3.84. The summed E-state index contributed by atoms with van der Waals surface area (Å²) in [6.45, 7) is 0. The Hall–Kier alpha value is -2.94.